The highest BCUT2D eigenvalue weighted by molar-refractivity contribution is 5.66. The van der Waals surface area contributed by atoms with E-state index in [-0.39, 0.29) is 6.42 Å². The molecule has 0 saturated heterocycles. The average Bonchev–Trinajstić information content (AvgIpc) is 2.29. The van der Waals surface area contributed by atoms with Gasteiger partial charge in [0, 0.05) is 18.6 Å². The first-order valence-corrected chi connectivity index (χ1v) is 7.03. The van der Waals surface area contributed by atoms with Crippen molar-refractivity contribution in [3.05, 3.63) is 0 Å². The van der Waals surface area contributed by atoms with Crippen molar-refractivity contribution < 1.29 is 9.90 Å². The minimum atomic E-state index is -0.681. The zero-order valence-electron chi connectivity index (χ0n) is 11.5. The molecule has 0 amide bonds. The van der Waals surface area contributed by atoms with E-state index in [9.17, 15) is 4.79 Å². The van der Waals surface area contributed by atoms with Gasteiger partial charge in [-0.3, -0.25) is 9.69 Å². The normalized spacial score (nSPS) is 25.5. The maximum Gasteiger partial charge on any atom is 0.304 e. The van der Waals surface area contributed by atoms with E-state index in [1.807, 2.05) is 0 Å². The van der Waals surface area contributed by atoms with Crippen molar-refractivity contribution >= 4 is 5.97 Å². The highest BCUT2D eigenvalue weighted by Crippen LogP contribution is 2.31. The molecule has 3 heteroatoms. The molecule has 0 aromatic rings. The second-order valence-corrected chi connectivity index (χ2v) is 5.50. The maximum atomic E-state index is 10.7. The first-order valence-electron chi connectivity index (χ1n) is 7.03. The highest BCUT2D eigenvalue weighted by atomic mass is 16.4. The fraction of sp³-hybridized carbons (Fsp3) is 0.929. The third-order valence-corrected chi connectivity index (χ3v) is 4.07. The van der Waals surface area contributed by atoms with Crippen LogP contribution in [0, 0.1) is 5.92 Å². The summed E-state index contributed by atoms with van der Waals surface area (Å²) >= 11 is 0. The first kappa shape index (κ1) is 14.5. The van der Waals surface area contributed by atoms with Crippen LogP contribution in [0.15, 0.2) is 0 Å². The molecule has 1 fully saturated rings. The van der Waals surface area contributed by atoms with Crippen LogP contribution in [0.25, 0.3) is 0 Å². The SMILES string of the molecule is CCC1CCCCC1N(CCC(=O)O)C(C)C. The Morgan fingerprint density at radius 2 is 2.00 bits per heavy atom. The lowest BCUT2D eigenvalue weighted by atomic mass is 9.81. The Morgan fingerprint density at radius 3 is 2.53 bits per heavy atom. The number of nitrogens with zero attached hydrogens (tertiary/aromatic N) is 1. The van der Waals surface area contributed by atoms with E-state index >= 15 is 0 Å². The van der Waals surface area contributed by atoms with Crippen LogP contribution >= 0.6 is 0 Å². The minimum absolute atomic E-state index is 0.269. The van der Waals surface area contributed by atoms with Gasteiger partial charge in [0.1, 0.15) is 0 Å². The molecular weight excluding hydrogens is 214 g/mol. The Morgan fingerprint density at radius 1 is 1.35 bits per heavy atom. The average molecular weight is 241 g/mol. The summed E-state index contributed by atoms with van der Waals surface area (Å²) in [5.41, 5.74) is 0. The van der Waals surface area contributed by atoms with Crippen molar-refractivity contribution in [2.45, 2.75) is 71.4 Å². The van der Waals surface area contributed by atoms with Gasteiger partial charge in [-0.1, -0.05) is 26.2 Å². The first-order chi connectivity index (χ1) is 8.06. The fourth-order valence-corrected chi connectivity index (χ4v) is 3.13. The molecule has 1 saturated carbocycles. The molecule has 3 nitrogen and oxygen atoms in total. The Balaban J connectivity index is 2.63. The predicted octanol–water partition coefficient (Wildman–Crippen LogP) is 3.14. The van der Waals surface area contributed by atoms with E-state index < -0.39 is 5.97 Å². The number of carboxylic acids is 1. The Labute approximate surface area is 105 Å². The van der Waals surface area contributed by atoms with E-state index in [4.69, 9.17) is 5.11 Å². The molecule has 100 valence electrons. The summed E-state index contributed by atoms with van der Waals surface area (Å²) in [5.74, 6) is 0.0828. The molecule has 1 aliphatic carbocycles. The van der Waals surface area contributed by atoms with Crippen LogP contribution in [0.1, 0.15) is 59.3 Å². The lowest BCUT2D eigenvalue weighted by molar-refractivity contribution is -0.137. The summed E-state index contributed by atoms with van der Waals surface area (Å²) < 4.78 is 0. The van der Waals surface area contributed by atoms with Gasteiger partial charge in [-0.15, -0.1) is 0 Å². The lowest BCUT2D eigenvalue weighted by Crippen LogP contribution is -2.46. The van der Waals surface area contributed by atoms with E-state index in [0.717, 1.165) is 5.92 Å². The standard InChI is InChI=1S/C14H27NO2/c1-4-12-7-5-6-8-13(12)15(11(2)3)10-9-14(16)17/h11-13H,4-10H2,1-3H3,(H,16,17). The van der Waals surface area contributed by atoms with Gasteiger partial charge in [-0.05, 0) is 32.6 Å². The van der Waals surface area contributed by atoms with E-state index in [1.165, 1.54) is 32.1 Å². The predicted molar refractivity (Wildman–Crippen MR) is 70.1 cm³/mol. The van der Waals surface area contributed by atoms with Crippen LogP contribution in [-0.2, 0) is 4.79 Å². The van der Waals surface area contributed by atoms with Gasteiger partial charge >= 0.3 is 5.97 Å². The quantitative estimate of drug-likeness (QED) is 0.776. The molecule has 1 rings (SSSR count). The van der Waals surface area contributed by atoms with Gasteiger partial charge in [-0.2, -0.15) is 0 Å². The third-order valence-electron chi connectivity index (χ3n) is 4.07. The summed E-state index contributed by atoms with van der Waals surface area (Å²) in [5, 5.41) is 8.84. The van der Waals surface area contributed by atoms with Crippen molar-refractivity contribution in [3.63, 3.8) is 0 Å². The van der Waals surface area contributed by atoms with Gasteiger partial charge in [-0.25, -0.2) is 0 Å². The summed E-state index contributed by atoms with van der Waals surface area (Å²) in [4.78, 5) is 13.2. The van der Waals surface area contributed by atoms with Crippen molar-refractivity contribution in [3.8, 4) is 0 Å². The second kappa shape index (κ2) is 7.00. The number of aliphatic carboxylic acids is 1. The topological polar surface area (TPSA) is 40.5 Å². The van der Waals surface area contributed by atoms with E-state index in [0.29, 0.717) is 18.6 Å². The molecule has 2 atom stereocenters. The van der Waals surface area contributed by atoms with Crippen LogP contribution in [0.4, 0.5) is 0 Å². The minimum Gasteiger partial charge on any atom is -0.481 e. The largest absolute Gasteiger partial charge is 0.481 e. The van der Waals surface area contributed by atoms with E-state index in [1.54, 1.807) is 0 Å². The number of carbonyl (C=O) groups is 1. The maximum absolute atomic E-state index is 10.7. The molecule has 1 aliphatic rings. The summed E-state index contributed by atoms with van der Waals surface area (Å²) in [6, 6.07) is 1.06. The number of carboxylic acid groups (broad SMARTS) is 1. The summed E-state index contributed by atoms with van der Waals surface area (Å²) in [7, 11) is 0. The van der Waals surface area contributed by atoms with Crippen LogP contribution < -0.4 is 0 Å². The number of hydrogen-bond donors (Lipinski definition) is 1. The Hall–Kier alpha value is -0.570. The van der Waals surface area contributed by atoms with Crippen LogP contribution in [-0.4, -0.2) is 34.6 Å². The van der Waals surface area contributed by atoms with Gasteiger partial charge < -0.3 is 5.11 Å². The number of rotatable bonds is 6. The lowest BCUT2D eigenvalue weighted by Gasteiger charge is -2.42. The summed E-state index contributed by atoms with van der Waals surface area (Å²) in [6.45, 7) is 7.33. The van der Waals surface area contributed by atoms with Crippen molar-refractivity contribution in [1.29, 1.82) is 0 Å². The van der Waals surface area contributed by atoms with Gasteiger partial charge in [0.2, 0.25) is 0 Å². The van der Waals surface area contributed by atoms with Crippen LogP contribution in [0.2, 0.25) is 0 Å². The van der Waals surface area contributed by atoms with Gasteiger partial charge in [0.25, 0.3) is 0 Å². The van der Waals surface area contributed by atoms with Crippen LogP contribution in [0.3, 0.4) is 0 Å². The van der Waals surface area contributed by atoms with Crippen molar-refractivity contribution in [2.24, 2.45) is 5.92 Å². The molecular formula is C14H27NO2. The van der Waals surface area contributed by atoms with Gasteiger partial charge in [0.15, 0.2) is 0 Å². The zero-order valence-corrected chi connectivity index (χ0v) is 11.5. The summed E-state index contributed by atoms with van der Waals surface area (Å²) in [6.07, 6.45) is 6.71. The Kier molecular flexibility index (Phi) is 5.96. The molecule has 0 heterocycles. The molecule has 0 aliphatic heterocycles. The fourth-order valence-electron chi connectivity index (χ4n) is 3.13. The molecule has 2 unspecified atom stereocenters. The Bertz CT molecular complexity index is 240. The molecule has 17 heavy (non-hydrogen) atoms. The van der Waals surface area contributed by atoms with Gasteiger partial charge in [0.05, 0.1) is 6.42 Å². The smallest absolute Gasteiger partial charge is 0.304 e. The number of hydrogen-bond acceptors (Lipinski definition) is 2. The van der Waals surface area contributed by atoms with Crippen LogP contribution in [0.5, 0.6) is 0 Å². The molecule has 0 aromatic heterocycles. The third kappa shape index (κ3) is 4.30. The molecule has 0 aromatic carbocycles. The van der Waals surface area contributed by atoms with Crippen molar-refractivity contribution in [1.82, 2.24) is 4.90 Å². The second-order valence-electron chi connectivity index (χ2n) is 5.50. The zero-order chi connectivity index (χ0) is 12.8. The molecule has 1 N–H and O–H groups in total. The molecule has 0 bridgehead atoms. The van der Waals surface area contributed by atoms with E-state index in [2.05, 4.69) is 25.7 Å². The van der Waals surface area contributed by atoms with Crippen molar-refractivity contribution in [2.75, 3.05) is 6.54 Å². The molecule has 0 radical (unpaired) electrons. The molecule has 0 spiro atoms. The monoisotopic (exact) mass is 241 g/mol. The highest BCUT2D eigenvalue weighted by Gasteiger charge is 2.30.